The number of amides is 4. The summed E-state index contributed by atoms with van der Waals surface area (Å²) in [6, 6.07) is 9.07. The minimum absolute atomic E-state index is 0.00316. The summed E-state index contributed by atoms with van der Waals surface area (Å²) in [7, 11) is 0. The molecule has 14 heteroatoms. The number of aromatic nitrogens is 3. The first-order valence-corrected chi connectivity index (χ1v) is 17.2. The molecule has 4 atom stereocenters. The molecule has 2 aromatic carbocycles. The van der Waals surface area contributed by atoms with E-state index >= 15 is 0 Å². The molecule has 2 saturated heterocycles. The van der Waals surface area contributed by atoms with Gasteiger partial charge in [-0.2, -0.15) is 0 Å². The molecule has 2 unspecified atom stereocenters. The van der Waals surface area contributed by atoms with Crippen molar-refractivity contribution in [1.82, 2.24) is 30.5 Å². The van der Waals surface area contributed by atoms with Gasteiger partial charge in [-0.05, 0) is 49.6 Å². The average Bonchev–Trinajstić information content (AvgIpc) is 3.74. The highest BCUT2D eigenvalue weighted by molar-refractivity contribution is 6.37. The number of nitrogens with two attached hydrogens (primary N) is 1. The fourth-order valence-corrected chi connectivity index (χ4v) is 6.78. The highest BCUT2D eigenvalue weighted by Gasteiger charge is 2.47. The fraction of sp³-hybridized carbons (Fsp3) is 0.528. The van der Waals surface area contributed by atoms with Gasteiger partial charge >= 0.3 is 0 Å². The Hall–Kier alpha value is -4.69. The van der Waals surface area contributed by atoms with Crippen LogP contribution in [-0.4, -0.2) is 92.3 Å². The van der Waals surface area contributed by atoms with E-state index in [0.717, 1.165) is 23.6 Å². The van der Waals surface area contributed by atoms with E-state index in [-0.39, 0.29) is 25.8 Å². The Morgan fingerprint density at radius 3 is 2.42 bits per heavy atom. The normalized spacial score (nSPS) is 19.7. The van der Waals surface area contributed by atoms with Crippen LogP contribution < -0.4 is 16.4 Å². The molecule has 50 heavy (non-hydrogen) atoms. The van der Waals surface area contributed by atoms with Crippen LogP contribution in [0.1, 0.15) is 88.3 Å². The number of ether oxygens (including phenoxy) is 1. The first-order chi connectivity index (χ1) is 23.7. The Morgan fingerprint density at radius 2 is 1.78 bits per heavy atom. The van der Waals surface area contributed by atoms with Gasteiger partial charge in [-0.25, -0.2) is 4.68 Å². The predicted molar refractivity (Wildman–Crippen MR) is 183 cm³/mol. The third kappa shape index (κ3) is 8.19. The monoisotopic (exact) mass is 689 g/mol. The minimum Gasteiger partial charge on any atom is -0.384 e. The van der Waals surface area contributed by atoms with Crippen molar-refractivity contribution in [3.63, 3.8) is 0 Å². The van der Waals surface area contributed by atoms with E-state index in [1.54, 1.807) is 26.0 Å². The number of rotatable bonds is 15. The van der Waals surface area contributed by atoms with Gasteiger partial charge in [0.05, 0.1) is 37.2 Å². The van der Waals surface area contributed by atoms with Crippen LogP contribution >= 0.6 is 0 Å². The lowest BCUT2D eigenvalue weighted by atomic mass is 9.81. The lowest BCUT2D eigenvalue weighted by Crippen LogP contribution is -2.57. The van der Waals surface area contributed by atoms with Crippen LogP contribution in [0.3, 0.4) is 0 Å². The van der Waals surface area contributed by atoms with Gasteiger partial charge in [0, 0.05) is 23.9 Å². The second-order valence-corrected chi connectivity index (χ2v) is 14.4. The molecule has 4 amide bonds. The van der Waals surface area contributed by atoms with Crippen molar-refractivity contribution in [3.8, 4) is 0 Å². The number of ketones is 1. The van der Waals surface area contributed by atoms with E-state index in [2.05, 4.69) is 20.9 Å². The highest BCUT2D eigenvalue weighted by atomic mass is 16.5. The highest BCUT2D eigenvalue weighted by Crippen LogP contribution is 2.35. The summed E-state index contributed by atoms with van der Waals surface area (Å²) in [5.41, 5.74) is 4.37. The number of primary amides is 1. The molecule has 14 nitrogen and oxygen atoms in total. The largest absolute Gasteiger partial charge is 0.384 e. The number of carbonyl (C=O) groups is 5. The first kappa shape index (κ1) is 36.6. The van der Waals surface area contributed by atoms with E-state index in [1.165, 1.54) is 15.8 Å². The smallest absolute Gasteiger partial charge is 0.287 e. The number of aliphatic hydroxyl groups is 1. The van der Waals surface area contributed by atoms with E-state index in [1.807, 2.05) is 44.2 Å². The van der Waals surface area contributed by atoms with Gasteiger partial charge in [-0.3, -0.25) is 24.0 Å². The molecule has 2 aliphatic rings. The number of nitrogens with zero attached hydrogens (tertiary/aromatic N) is 4. The summed E-state index contributed by atoms with van der Waals surface area (Å²) in [6.07, 6.45) is 4.17. The average molecular weight is 690 g/mol. The van der Waals surface area contributed by atoms with Crippen LogP contribution in [0.2, 0.25) is 0 Å². The number of nitrogens with one attached hydrogen (secondary N) is 2. The molecule has 2 fully saturated rings. The van der Waals surface area contributed by atoms with Crippen LogP contribution in [0.5, 0.6) is 0 Å². The number of hydrogen-bond acceptors (Lipinski definition) is 9. The van der Waals surface area contributed by atoms with Crippen molar-refractivity contribution in [2.24, 2.45) is 11.1 Å². The van der Waals surface area contributed by atoms with Crippen LogP contribution in [0.25, 0.3) is 10.8 Å². The van der Waals surface area contributed by atoms with Crippen LogP contribution in [0, 0.1) is 5.41 Å². The summed E-state index contributed by atoms with van der Waals surface area (Å²) in [5, 5.41) is 26.5. The second kappa shape index (κ2) is 15.1. The zero-order valence-electron chi connectivity index (χ0n) is 29.1. The Kier molecular flexibility index (Phi) is 11.0. The van der Waals surface area contributed by atoms with Crippen molar-refractivity contribution in [1.29, 1.82) is 0 Å². The number of Topliss-reactive ketones (excluding diaryl/α,β-unsaturated/α-hetero) is 1. The molecule has 3 heterocycles. The molecular formula is C36H47N7O7. The molecule has 1 aromatic heterocycles. The molecule has 268 valence electrons. The summed E-state index contributed by atoms with van der Waals surface area (Å²) < 4.78 is 6.97. The standard InChI is InChI=1S/C36H47N7O7/c1-5-6-7-12-26(30(44)31(37)45)39-33(47)28-16-25(43-29(18-38-41-43)35(2,3)49)19-42(28)34(48)27(17-36(4)20-50-21-36)40-32(46)24-14-13-22-10-8-9-11-23(22)15-24/h8-11,13-15,18,25-28,49H,5-7,12,16-17,19-21H2,1-4H3,(H2,37,45)(H,39,47)(H,40,46)/t25-,26?,27?,28-/m0/s1. The lowest BCUT2D eigenvalue weighted by Gasteiger charge is -2.41. The summed E-state index contributed by atoms with van der Waals surface area (Å²) >= 11 is 0. The topological polar surface area (TPSA) is 199 Å². The molecule has 2 aliphatic heterocycles. The Balaban J connectivity index is 1.46. The predicted octanol–water partition coefficient (Wildman–Crippen LogP) is 2.15. The van der Waals surface area contributed by atoms with Crippen molar-refractivity contribution in [3.05, 3.63) is 59.9 Å². The van der Waals surface area contributed by atoms with Gasteiger partial charge in [0.25, 0.3) is 11.8 Å². The number of likely N-dealkylation sites (tertiary alicyclic amines) is 1. The second-order valence-electron chi connectivity index (χ2n) is 14.4. The first-order valence-electron chi connectivity index (χ1n) is 17.2. The lowest BCUT2D eigenvalue weighted by molar-refractivity contribution is -0.145. The van der Waals surface area contributed by atoms with Crippen molar-refractivity contribution in [2.45, 2.75) is 96.0 Å². The summed E-state index contributed by atoms with van der Waals surface area (Å²) in [4.78, 5) is 68.5. The number of hydrogen-bond donors (Lipinski definition) is 4. The zero-order valence-corrected chi connectivity index (χ0v) is 29.1. The maximum absolute atomic E-state index is 14.6. The molecular weight excluding hydrogens is 642 g/mol. The van der Waals surface area contributed by atoms with E-state index in [0.29, 0.717) is 30.9 Å². The summed E-state index contributed by atoms with van der Waals surface area (Å²) in [5.74, 6) is -3.66. The molecule has 5 N–H and O–H groups in total. The van der Waals surface area contributed by atoms with Gasteiger partial charge in [-0.15, -0.1) is 5.10 Å². The molecule has 0 bridgehead atoms. The van der Waals surface area contributed by atoms with Crippen LogP contribution in [0.4, 0.5) is 0 Å². The molecule has 0 radical (unpaired) electrons. The van der Waals surface area contributed by atoms with Gasteiger partial charge in [0.15, 0.2) is 0 Å². The number of unbranched alkanes of at least 4 members (excludes halogenated alkanes) is 2. The fourth-order valence-electron chi connectivity index (χ4n) is 6.78. The van der Waals surface area contributed by atoms with Crippen molar-refractivity contribution < 1.29 is 33.8 Å². The summed E-state index contributed by atoms with van der Waals surface area (Å²) in [6.45, 7) is 7.93. The van der Waals surface area contributed by atoms with Gasteiger partial charge in [-0.1, -0.05) is 68.7 Å². The molecule has 0 aliphatic carbocycles. The minimum atomic E-state index is -1.33. The van der Waals surface area contributed by atoms with Gasteiger partial charge in [0.2, 0.25) is 17.6 Å². The SMILES string of the molecule is CCCCCC(NC(=O)[C@@H]1C[C@H](n2nncc2C(C)(C)O)CN1C(=O)C(CC1(C)COC1)NC(=O)c1ccc2ccccc2c1)C(=O)C(N)=O. The third-order valence-electron chi connectivity index (χ3n) is 9.60. The molecule has 0 spiro atoms. The van der Waals surface area contributed by atoms with Crippen molar-refractivity contribution in [2.75, 3.05) is 19.8 Å². The Labute approximate surface area is 291 Å². The molecule has 3 aromatic rings. The molecule has 0 saturated carbocycles. The van der Waals surface area contributed by atoms with Crippen molar-refractivity contribution >= 4 is 40.2 Å². The van der Waals surface area contributed by atoms with E-state index < -0.39 is 64.6 Å². The van der Waals surface area contributed by atoms with E-state index in [9.17, 15) is 29.1 Å². The molecule has 5 rings (SSSR count). The van der Waals surface area contributed by atoms with Gasteiger partial charge < -0.3 is 31.1 Å². The Bertz CT molecular complexity index is 1750. The maximum atomic E-state index is 14.6. The Morgan fingerprint density at radius 1 is 1.06 bits per heavy atom. The number of carbonyl (C=O) groups excluding carboxylic acids is 5. The quantitative estimate of drug-likeness (QED) is 0.136. The van der Waals surface area contributed by atoms with Crippen LogP contribution in [0.15, 0.2) is 48.7 Å². The van der Waals surface area contributed by atoms with E-state index in [4.69, 9.17) is 10.5 Å². The zero-order chi connectivity index (χ0) is 36.2. The maximum Gasteiger partial charge on any atom is 0.287 e. The number of fused-ring (bicyclic) bond motifs is 1. The third-order valence-corrected chi connectivity index (χ3v) is 9.60. The number of benzene rings is 2. The van der Waals surface area contributed by atoms with Crippen LogP contribution in [-0.2, 0) is 29.5 Å². The van der Waals surface area contributed by atoms with Gasteiger partial charge in [0.1, 0.15) is 17.7 Å².